The molecule has 0 spiro atoms. The number of carbonyl (C=O) groups is 2. The van der Waals surface area contributed by atoms with Gasteiger partial charge in [0.1, 0.15) is 5.25 Å². The van der Waals surface area contributed by atoms with Gasteiger partial charge in [-0.15, -0.1) is 0 Å². The van der Waals surface area contributed by atoms with E-state index in [1.165, 1.54) is 4.90 Å². The van der Waals surface area contributed by atoms with E-state index in [-0.39, 0.29) is 23.4 Å². The van der Waals surface area contributed by atoms with Gasteiger partial charge in [0, 0.05) is 9.99 Å². The highest BCUT2D eigenvalue weighted by Crippen LogP contribution is 2.32. The number of nitriles is 1. The van der Waals surface area contributed by atoms with Crippen LogP contribution in [0.15, 0.2) is 53.5 Å². The number of imide groups is 1. The number of nitrogens with one attached hydrogen (secondary N) is 1. The monoisotopic (exact) mass is 510 g/mol. The summed E-state index contributed by atoms with van der Waals surface area (Å²) in [7, 11) is 0. The van der Waals surface area contributed by atoms with Crippen LogP contribution in [0.1, 0.15) is 6.42 Å². The van der Waals surface area contributed by atoms with Crippen molar-refractivity contribution in [2.45, 2.75) is 11.7 Å². The molecule has 1 unspecified atom stereocenters. The van der Waals surface area contributed by atoms with Crippen LogP contribution in [0, 0.1) is 15.0 Å². The van der Waals surface area contributed by atoms with Crippen LogP contribution >= 0.6 is 46.0 Å². The van der Waals surface area contributed by atoms with Gasteiger partial charge in [-0.3, -0.25) is 14.9 Å². The molecule has 2 aromatic carbocycles. The van der Waals surface area contributed by atoms with E-state index in [0.717, 1.165) is 15.3 Å². The maximum atomic E-state index is 12.8. The van der Waals surface area contributed by atoms with Crippen molar-refractivity contribution in [1.29, 1.82) is 5.26 Å². The molecule has 0 aliphatic carbocycles. The quantitative estimate of drug-likeness (QED) is 0.168. The van der Waals surface area contributed by atoms with Crippen LogP contribution in [0.4, 0.5) is 11.4 Å². The Morgan fingerprint density at radius 2 is 1.96 bits per heavy atom. The molecule has 1 N–H and O–H groups in total. The van der Waals surface area contributed by atoms with Crippen molar-refractivity contribution in [3.63, 3.8) is 0 Å². The van der Waals surface area contributed by atoms with Crippen LogP contribution in [-0.2, 0) is 9.59 Å². The number of aliphatic imine (C=N–C) groups is 1. The van der Waals surface area contributed by atoms with Crippen LogP contribution in [0.3, 0.4) is 0 Å². The smallest absolute Gasteiger partial charge is 0.247 e. The number of amides is 2. The molecule has 1 saturated heterocycles. The molecule has 2 amide bonds. The third-order valence-corrected chi connectivity index (χ3v) is 5.79. The summed E-state index contributed by atoms with van der Waals surface area (Å²) < 4.78 is 1.01. The van der Waals surface area contributed by atoms with Gasteiger partial charge in [0.15, 0.2) is 11.4 Å². The average molecular weight is 511 g/mol. The van der Waals surface area contributed by atoms with Crippen LogP contribution in [0.2, 0.25) is 5.02 Å². The number of nitrogens with zero attached hydrogens (tertiary/aromatic N) is 3. The number of thioether (sulfide) groups is 1. The van der Waals surface area contributed by atoms with E-state index in [4.69, 9.17) is 16.9 Å². The number of anilines is 1. The van der Waals surface area contributed by atoms with Crippen molar-refractivity contribution < 1.29 is 9.59 Å². The minimum Gasteiger partial charge on any atom is -0.274 e. The van der Waals surface area contributed by atoms with Gasteiger partial charge in [0.05, 0.1) is 16.4 Å². The fourth-order valence-corrected chi connectivity index (χ4v) is 3.97. The second-order valence-electron chi connectivity index (χ2n) is 5.46. The molecule has 1 atom stereocenters. The summed E-state index contributed by atoms with van der Waals surface area (Å²) in [5.41, 5.74) is 1.00. The van der Waals surface area contributed by atoms with Crippen molar-refractivity contribution in [3.8, 4) is 6.19 Å². The summed E-state index contributed by atoms with van der Waals surface area (Å²) in [6, 6.07) is 14.0. The topological polar surface area (TPSA) is 85.6 Å². The first-order valence-electron chi connectivity index (χ1n) is 7.77. The lowest BCUT2D eigenvalue weighted by Crippen LogP contribution is -2.32. The van der Waals surface area contributed by atoms with E-state index >= 15 is 0 Å². The first-order chi connectivity index (χ1) is 13.0. The zero-order chi connectivity index (χ0) is 19.4. The molecule has 2 aromatic rings. The van der Waals surface area contributed by atoms with Crippen LogP contribution in [-0.4, -0.2) is 22.2 Å². The number of benzene rings is 2. The lowest BCUT2D eigenvalue weighted by molar-refractivity contribution is -0.121. The number of carbonyl (C=O) groups excluding carboxylic acids is 2. The van der Waals surface area contributed by atoms with Gasteiger partial charge in [-0.05, 0) is 59.0 Å². The maximum Gasteiger partial charge on any atom is 0.247 e. The predicted octanol–water partition coefficient (Wildman–Crippen LogP) is 4.07. The first-order valence-corrected chi connectivity index (χ1v) is 10.1. The highest BCUT2D eigenvalue weighted by Gasteiger charge is 2.40. The lowest BCUT2D eigenvalue weighted by atomic mass is 10.3. The molecule has 1 fully saturated rings. The van der Waals surface area contributed by atoms with Gasteiger partial charge in [-0.2, -0.15) is 5.26 Å². The molecule has 0 radical (unpaired) electrons. The second-order valence-corrected chi connectivity index (χ2v) is 8.30. The molecule has 0 bridgehead atoms. The first kappa shape index (κ1) is 19.7. The molecule has 3 rings (SSSR count). The number of rotatable bonds is 3. The molecule has 0 saturated carbocycles. The van der Waals surface area contributed by atoms with Crippen LogP contribution < -0.4 is 10.2 Å². The summed E-state index contributed by atoms with van der Waals surface area (Å²) in [6.07, 6.45) is 1.83. The Morgan fingerprint density at radius 3 is 2.63 bits per heavy atom. The standard InChI is InChI=1S/C18H12ClIN4O2S/c19-13-3-1-2-4-14(13)23-18(22-10-21)27-15-9-16(25)24(17(15)26)12-7-5-11(20)6-8-12/h1-8,15H,9H2,(H,22,23). The SMILES string of the molecule is N#CNC(=Nc1ccccc1Cl)SC1CC(=O)N(c2ccc(I)cc2)C1=O. The molecule has 9 heteroatoms. The second kappa shape index (κ2) is 8.73. The third-order valence-electron chi connectivity index (χ3n) is 3.68. The Kier molecular flexibility index (Phi) is 6.36. The van der Waals surface area contributed by atoms with Crippen molar-refractivity contribution in [1.82, 2.24) is 5.32 Å². The predicted molar refractivity (Wildman–Crippen MR) is 115 cm³/mol. The number of hydrogen-bond acceptors (Lipinski definition) is 5. The summed E-state index contributed by atoms with van der Waals surface area (Å²) in [4.78, 5) is 30.6. The largest absolute Gasteiger partial charge is 0.274 e. The minimum absolute atomic E-state index is 0.0319. The molecule has 1 aliphatic heterocycles. The fraction of sp³-hybridized carbons (Fsp3) is 0.111. The molecular weight excluding hydrogens is 499 g/mol. The minimum atomic E-state index is -0.668. The molecular formula is C18H12ClIN4O2S. The van der Waals surface area contributed by atoms with E-state index < -0.39 is 5.25 Å². The summed E-state index contributed by atoms with van der Waals surface area (Å²) in [6.45, 7) is 0. The van der Waals surface area contributed by atoms with E-state index in [1.54, 1.807) is 42.6 Å². The van der Waals surface area contributed by atoms with E-state index in [0.29, 0.717) is 16.4 Å². The molecule has 6 nitrogen and oxygen atoms in total. The highest BCUT2D eigenvalue weighted by atomic mass is 127. The normalized spacial score (nSPS) is 17.1. The number of hydrogen-bond donors (Lipinski definition) is 1. The number of para-hydroxylation sites is 1. The van der Waals surface area contributed by atoms with E-state index in [2.05, 4.69) is 32.9 Å². The highest BCUT2D eigenvalue weighted by molar-refractivity contribution is 14.1. The Bertz CT molecular complexity index is 959. The number of halogens is 2. The van der Waals surface area contributed by atoms with Gasteiger partial charge in [0.25, 0.3) is 0 Å². The Hall–Kier alpha value is -2.09. The van der Waals surface area contributed by atoms with Gasteiger partial charge in [-0.1, -0.05) is 35.5 Å². The van der Waals surface area contributed by atoms with Gasteiger partial charge >= 0.3 is 0 Å². The zero-order valence-corrected chi connectivity index (χ0v) is 17.5. The van der Waals surface area contributed by atoms with Crippen LogP contribution in [0.25, 0.3) is 0 Å². The molecule has 1 heterocycles. The Morgan fingerprint density at radius 1 is 1.26 bits per heavy atom. The number of amidine groups is 1. The lowest BCUT2D eigenvalue weighted by Gasteiger charge is -2.15. The Labute approximate surface area is 178 Å². The summed E-state index contributed by atoms with van der Waals surface area (Å²) in [5.74, 6) is -0.620. The Balaban J connectivity index is 1.82. The fourth-order valence-electron chi connectivity index (χ4n) is 2.48. The third kappa shape index (κ3) is 4.61. The molecule has 27 heavy (non-hydrogen) atoms. The van der Waals surface area contributed by atoms with E-state index in [1.807, 2.05) is 12.1 Å². The summed E-state index contributed by atoms with van der Waals surface area (Å²) in [5, 5.41) is 11.4. The van der Waals surface area contributed by atoms with Crippen molar-refractivity contribution in [2.75, 3.05) is 4.90 Å². The molecule has 1 aliphatic rings. The molecule has 136 valence electrons. The van der Waals surface area contributed by atoms with Crippen LogP contribution in [0.5, 0.6) is 0 Å². The van der Waals surface area contributed by atoms with Crippen molar-refractivity contribution in [3.05, 3.63) is 57.1 Å². The van der Waals surface area contributed by atoms with Crippen molar-refractivity contribution >= 4 is 74.3 Å². The maximum absolute atomic E-state index is 12.8. The van der Waals surface area contributed by atoms with Crippen molar-refractivity contribution in [2.24, 2.45) is 4.99 Å². The molecule has 0 aromatic heterocycles. The summed E-state index contributed by atoms with van der Waals surface area (Å²) >= 11 is 9.29. The van der Waals surface area contributed by atoms with Gasteiger partial charge in [0.2, 0.25) is 11.8 Å². The van der Waals surface area contributed by atoms with E-state index in [9.17, 15) is 9.59 Å². The van der Waals surface area contributed by atoms with Gasteiger partial charge < -0.3 is 0 Å². The zero-order valence-electron chi connectivity index (χ0n) is 13.7. The van der Waals surface area contributed by atoms with Gasteiger partial charge in [-0.25, -0.2) is 9.89 Å². The average Bonchev–Trinajstić information content (AvgIpc) is 2.92.